The molecule has 3 aromatic rings. The van der Waals surface area contributed by atoms with Crippen molar-refractivity contribution in [2.75, 3.05) is 33.3 Å². The quantitative estimate of drug-likeness (QED) is 0.554. The predicted molar refractivity (Wildman–Crippen MR) is 121 cm³/mol. The Balaban J connectivity index is 1.26. The lowest BCUT2D eigenvalue weighted by Gasteiger charge is -2.34. The summed E-state index contributed by atoms with van der Waals surface area (Å²) in [5.74, 6) is 1.24. The van der Waals surface area contributed by atoms with E-state index in [0.29, 0.717) is 31.0 Å². The van der Waals surface area contributed by atoms with Crippen LogP contribution in [0.4, 0.5) is 4.39 Å². The van der Waals surface area contributed by atoms with E-state index in [0.717, 1.165) is 30.9 Å². The van der Waals surface area contributed by atoms with E-state index in [4.69, 9.17) is 9.47 Å². The zero-order chi connectivity index (χ0) is 22.3. The first-order valence-corrected chi connectivity index (χ1v) is 10.7. The van der Waals surface area contributed by atoms with Crippen LogP contribution in [0.2, 0.25) is 0 Å². The molecule has 0 aromatic heterocycles. The molecule has 1 saturated heterocycles. The van der Waals surface area contributed by atoms with Crippen LogP contribution in [0.3, 0.4) is 0 Å². The molecule has 0 saturated carbocycles. The van der Waals surface area contributed by atoms with Gasteiger partial charge in [-0.25, -0.2) is 4.39 Å². The number of amides is 1. The van der Waals surface area contributed by atoms with Crippen LogP contribution in [0.25, 0.3) is 0 Å². The van der Waals surface area contributed by atoms with Gasteiger partial charge in [-0.15, -0.1) is 0 Å². The number of hydrogen-bond donors (Lipinski definition) is 0. The molecule has 1 heterocycles. The normalized spacial score (nSPS) is 14.2. The van der Waals surface area contributed by atoms with Gasteiger partial charge in [0.05, 0.1) is 7.11 Å². The molecule has 0 N–H and O–H groups in total. The molecule has 166 valence electrons. The first-order chi connectivity index (χ1) is 15.6. The van der Waals surface area contributed by atoms with E-state index < -0.39 is 0 Å². The molecule has 0 spiro atoms. The molecule has 5 nitrogen and oxygen atoms in total. The lowest BCUT2D eigenvalue weighted by atomic mass is 10.1. The third-order valence-electron chi connectivity index (χ3n) is 5.62. The number of carbonyl (C=O) groups excluding carboxylic acids is 1. The monoisotopic (exact) mass is 434 g/mol. The number of nitrogens with zero attached hydrogens (tertiary/aromatic N) is 2. The third kappa shape index (κ3) is 5.65. The van der Waals surface area contributed by atoms with E-state index in [1.165, 1.54) is 17.7 Å². The van der Waals surface area contributed by atoms with Gasteiger partial charge in [-0.2, -0.15) is 0 Å². The van der Waals surface area contributed by atoms with Gasteiger partial charge < -0.3 is 14.4 Å². The Labute approximate surface area is 188 Å². The molecule has 0 radical (unpaired) electrons. The Morgan fingerprint density at radius 3 is 2.28 bits per heavy atom. The lowest BCUT2D eigenvalue weighted by Crippen LogP contribution is -2.48. The maximum absolute atomic E-state index is 13.0. The number of piperazine rings is 1. The number of benzene rings is 3. The molecular weight excluding hydrogens is 407 g/mol. The fourth-order valence-corrected chi connectivity index (χ4v) is 3.76. The van der Waals surface area contributed by atoms with Crippen LogP contribution in [0.15, 0.2) is 72.8 Å². The number of methoxy groups -OCH3 is 1. The highest BCUT2D eigenvalue weighted by atomic mass is 19.1. The van der Waals surface area contributed by atoms with Crippen molar-refractivity contribution in [2.24, 2.45) is 0 Å². The SMILES string of the molecule is COc1cccc(CN2CCN(C(=O)c3ccc(COc4ccc(F)cc4)cc3)CC2)c1. The molecular formula is C26H27FN2O3. The van der Waals surface area contributed by atoms with Crippen LogP contribution in [-0.4, -0.2) is 49.0 Å². The Kier molecular flexibility index (Phi) is 7.02. The van der Waals surface area contributed by atoms with E-state index in [2.05, 4.69) is 17.0 Å². The van der Waals surface area contributed by atoms with Crippen LogP contribution >= 0.6 is 0 Å². The summed E-state index contributed by atoms with van der Waals surface area (Å²) in [5, 5.41) is 0. The topological polar surface area (TPSA) is 42.0 Å². The fourth-order valence-electron chi connectivity index (χ4n) is 3.76. The molecule has 0 bridgehead atoms. The van der Waals surface area contributed by atoms with Crippen LogP contribution in [0.1, 0.15) is 21.5 Å². The maximum atomic E-state index is 13.0. The van der Waals surface area contributed by atoms with Gasteiger partial charge in [-0.3, -0.25) is 9.69 Å². The van der Waals surface area contributed by atoms with Crippen LogP contribution < -0.4 is 9.47 Å². The van der Waals surface area contributed by atoms with Gasteiger partial charge in [0.15, 0.2) is 0 Å². The van der Waals surface area contributed by atoms with Crippen molar-refractivity contribution >= 4 is 5.91 Å². The molecule has 0 unspecified atom stereocenters. The van der Waals surface area contributed by atoms with E-state index in [9.17, 15) is 9.18 Å². The summed E-state index contributed by atoms with van der Waals surface area (Å²) in [6, 6.07) is 21.5. The van der Waals surface area contributed by atoms with Gasteiger partial charge in [-0.05, 0) is 59.7 Å². The van der Waals surface area contributed by atoms with Crippen LogP contribution in [-0.2, 0) is 13.2 Å². The summed E-state index contributed by atoms with van der Waals surface area (Å²) in [5.41, 5.74) is 2.84. The summed E-state index contributed by atoms with van der Waals surface area (Å²) in [7, 11) is 1.68. The standard InChI is InChI=1S/C26H27FN2O3/c1-31-25-4-2-3-21(17-25)18-28-13-15-29(16-14-28)26(30)22-7-5-20(6-8-22)19-32-24-11-9-23(27)10-12-24/h2-12,17H,13-16,18-19H2,1H3. The molecule has 0 aliphatic carbocycles. The summed E-state index contributed by atoms with van der Waals surface area (Å²) >= 11 is 0. The van der Waals surface area contributed by atoms with Gasteiger partial charge in [0.2, 0.25) is 0 Å². The highest BCUT2D eigenvalue weighted by molar-refractivity contribution is 5.94. The zero-order valence-electron chi connectivity index (χ0n) is 18.2. The summed E-state index contributed by atoms with van der Waals surface area (Å²) in [4.78, 5) is 17.2. The van der Waals surface area contributed by atoms with Crippen molar-refractivity contribution in [1.29, 1.82) is 0 Å². The Hall–Kier alpha value is -3.38. The van der Waals surface area contributed by atoms with Crippen LogP contribution in [0.5, 0.6) is 11.5 Å². The van der Waals surface area contributed by atoms with Gasteiger partial charge >= 0.3 is 0 Å². The molecule has 4 rings (SSSR count). The Bertz CT molecular complexity index is 1030. The zero-order valence-corrected chi connectivity index (χ0v) is 18.2. The summed E-state index contributed by atoms with van der Waals surface area (Å²) < 4.78 is 23.9. The molecule has 1 amide bonds. The van der Waals surface area contributed by atoms with Gasteiger partial charge in [-0.1, -0.05) is 24.3 Å². The highest BCUT2D eigenvalue weighted by Gasteiger charge is 2.22. The van der Waals surface area contributed by atoms with Gasteiger partial charge in [0, 0.05) is 38.3 Å². The first kappa shape index (κ1) is 21.8. The van der Waals surface area contributed by atoms with Crippen molar-refractivity contribution < 1.29 is 18.7 Å². The van der Waals surface area contributed by atoms with Crippen molar-refractivity contribution in [3.8, 4) is 11.5 Å². The van der Waals surface area contributed by atoms with Gasteiger partial charge in [0.1, 0.15) is 23.9 Å². The second kappa shape index (κ2) is 10.3. The van der Waals surface area contributed by atoms with Crippen molar-refractivity contribution in [2.45, 2.75) is 13.2 Å². The number of rotatable bonds is 7. The lowest BCUT2D eigenvalue weighted by molar-refractivity contribution is 0.0628. The first-order valence-electron chi connectivity index (χ1n) is 10.7. The Morgan fingerprint density at radius 2 is 1.59 bits per heavy atom. The fraction of sp³-hybridized carbons (Fsp3) is 0.269. The average molecular weight is 435 g/mol. The van der Waals surface area contributed by atoms with Crippen LogP contribution in [0, 0.1) is 5.82 Å². The largest absolute Gasteiger partial charge is 0.497 e. The second-order valence-corrected chi connectivity index (χ2v) is 7.86. The molecule has 1 fully saturated rings. The van der Waals surface area contributed by atoms with Crippen molar-refractivity contribution in [1.82, 2.24) is 9.80 Å². The number of hydrogen-bond acceptors (Lipinski definition) is 4. The number of ether oxygens (including phenoxy) is 2. The van der Waals surface area contributed by atoms with E-state index in [1.54, 1.807) is 19.2 Å². The number of halogens is 1. The molecule has 32 heavy (non-hydrogen) atoms. The van der Waals surface area contributed by atoms with Crippen molar-refractivity contribution in [3.63, 3.8) is 0 Å². The number of carbonyl (C=O) groups is 1. The highest BCUT2D eigenvalue weighted by Crippen LogP contribution is 2.17. The summed E-state index contributed by atoms with van der Waals surface area (Å²) in [6.07, 6.45) is 0. The molecule has 1 aliphatic heterocycles. The summed E-state index contributed by atoms with van der Waals surface area (Å²) in [6.45, 7) is 4.31. The minimum Gasteiger partial charge on any atom is -0.497 e. The Morgan fingerprint density at radius 1 is 0.875 bits per heavy atom. The molecule has 1 aliphatic rings. The third-order valence-corrected chi connectivity index (χ3v) is 5.62. The predicted octanol–water partition coefficient (Wildman–Crippen LogP) is 4.37. The minimum atomic E-state index is -0.290. The maximum Gasteiger partial charge on any atom is 0.253 e. The molecule has 3 aromatic carbocycles. The van der Waals surface area contributed by atoms with E-state index in [1.807, 2.05) is 41.3 Å². The van der Waals surface area contributed by atoms with Crippen molar-refractivity contribution in [3.05, 3.63) is 95.3 Å². The average Bonchev–Trinajstić information content (AvgIpc) is 2.84. The minimum absolute atomic E-state index is 0.0528. The van der Waals surface area contributed by atoms with E-state index >= 15 is 0 Å². The van der Waals surface area contributed by atoms with E-state index in [-0.39, 0.29) is 11.7 Å². The smallest absolute Gasteiger partial charge is 0.253 e. The molecule has 6 heteroatoms. The van der Waals surface area contributed by atoms with Gasteiger partial charge in [0.25, 0.3) is 5.91 Å². The molecule has 0 atom stereocenters. The second-order valence-electron chi connectivity index (χ2n) is 7.86.